The Hall–Kier alpha value is -1.42. The molecule has 0 aliphatic carbocycles. The highest BCUT2D eigenvalue weighted by molar-refractivity contribution is 5.76. The minimum Gasteiger partial charge on any atom is -0.396 e. The van der Waals surface area contributed by atoms with E-state index in [-0.39, 0.29) is 12.4 Å². The molecular formula is C13H16FNO2. The zero-order valence-corrected chi connectivity index (χ0v) is 9.60. The van der Waals surface area contributed by atoms with Gasteiger partial charge >= 0.3 is 0 Å². The summed E-state index contributed by atoms with van der Waals surface area (Å²) < 4.78 is 13.8. The molecule has 0 atom stereocenters. The largest absolute Gasteiger partial charge is 0.396 e. The first kappa shape index (κ1) is 12.0. The van der Waals surface area contributed by atoms with Crippen LogP contribution in [0.1, 0.15) is 23.2 Å². The van der Waals surface area contributed by atoms with E-state index >= 15 is 0 Å². The van der Waals surface area contributed by atoms with Crippen LogP contribution in [-0.4, -0.2) is 31.1 Å². The van der Waals surface area contributed by atoms with Gasteiger partial charge in [-0.1, -0.05) is 0 Å². The number of rotatable bonds is 3. The smallest absolute Gasteiger partial charge is 0.150 e. The van der Waals surface area contributed by atoms with Crippen molar-refractivity contribution in [3.05, 3.63) is 29.6 Å². The maximum Gasteiger partial charge on any atom is 0.150 e. The topological polar surface area (TPSA) is 40.5 Å². The van der Waals surface area contributed by atoms with Crippen molar-refractivity contribution in [2.45, 2.75) is 12.8 Å². The van der Waals surface area contributed by atoms with Crippen LogP contribution in [0.3, 0.4) is 0 Å². The van der Waals surface area contributed by atoms with E-state index in [9.17, 15) is 9.18 Å². The van der Waals surface area contributed by atoms with E-state index in [1.165, 1.54) is 6.07 Å². The molecule has 0 amide bonds. The second-order valence-electron chi connectivity index (χ2n) is 4.44. The van der Waals surface area contributed by atoms with Gasteiger partial charge in [0.25, 0.3) is 0 Å². The molecule has 0 unspecified atom stereocenters. The Morgan fingerprint density at radius 2 is 2.12 bits per heavy atom. The SMILES string of the molecule is O=Cc1ccc(N2CCC(CO)CC2)c(F)c1. The van der Waals surface area contributed by atoms with Crippen LogP contribution >= 0.6 is 0 Å². The quantitative estimate of drug-likeness (QED) is 0.816. The first-order valence-corrected chi connectivity index (χ1v) is 5.85. The summed E-state index contributed by atoms with van der Waals surface area (Å²) in [5.41, 5.74) is 0.906. The first-order valence-electron chi connectivity index (χ1n) is 5.85. The number of aliphatic hydroxyl groups excluding tert-OH is 1. The van der Waals surface area contributed by atoms with Gasteiger partial charge in [-0.15, -0.1) is 0 Å². The number of aliphatic hydroxyl groups is 1. The molecule has 1 fully saturated rings. The molecule has 17 heavy (non-hydrogen) atoms. The molecule has 1 aliphatic heterocycles. The lowest BCUT2D eigenvalue weighted by Gasteiger charge is -2.33. The molecule has 1 aromatic rings. The van der Waals surface area contributed by atoms with E-state index < -0.39 is 0 Å². The summed E-state index contributed by atoms with van der Waals surface area (Å²) in [5.74, 6) is -0.0133. The second-order valence-corrected chi connectivity index (χ2v) is 4.44. The van der Waals surface area contributed by atoms with Gasteiger partial charge < -0.3 is 10.0 Å². The summed E-state index contributed by atoms with van der Waals surface area (Å²) in [7, 11) is 0. The van der Waals surface area contributed by atoms with Crippen LogP contribution in [0.25, 0.3) is 0 Å². The molecule has 0 saturated carbocycles. The Morgan fingerprint density at radius 3 is 2.65 bits per heavy atom. The fraction of sp³-hybridized carbons (Fsp3) is 0.462. The Balaban J connectivity index is 2.10. The van der Waals surface area contributed by atoms with Crippen LogP contribution in [0.15, 0.2) is 18.2 Å². The average molecular weight is 237 g/mol. The molecule has 3 nitrogen and oxygen atoms in total. The van der Waals surface area contributed by atoms with Gasteiger partial charge in [0.05, 0.1) is 5.69 Å². The summed E-state index contributed by atoms with van der Waals surface area (Å²) in [4.78, 5) is 12.5. The first-order chi connectivity index (χ1) is 8.24. The predicted molar refractivity (Wildman–Crippen MR) is 63.8 cm³/mol. The number of carbonyl (C=O) groups excluding carboxylic acids is 1. The molecule has 0 spiro atoms. The molecule has 0 bridgehead atoms. The molecule has 0 aromatic heterocycles. The van der Waals surface area contributed by atoms with Crippen LogP contribution in [0, 0.1) is 11.7 Å². The predicted octanol–water partition coefficient (Wildman–Crippen LogP) is 1.85. The van der Waals surface area contributed by atoms with Crippen molar-refractivity contribution in [2.75, 3.05) is 24.6 Å². The van der Waals surface area contributed by atoms with Gasteiger partial charge in [-0.05, 0) is 37.0 Å². The molecule has 1 heterocycles. The maximum atomic E-state index is 13.8. The van der Waals surface area contributed by atoms with Crippen molar-refractivity contribution in [1.82, 2.24) is 0 Å². The van der Waals surface area contributed by atoms with Gasteiger partial charge in [-0.2, -0.15) is 0 Å². The lowest BCUT2D eigenvalue weighted by Crippen LogP contribution is -2.35. The fourth-order valence-electron chi connectivity index (χ4n) is 2.21. The number of halogens is 1. The number of benzene rings is 1. The van der Waals surface area contributed by atoms with Crippen molar-refractivity contribution in [3.8, 4) is 0 Å². The van der Waals surface area contributed by atoms with Crippen LogP contribution in [0.4, 0.5) is 10.1 Å². The minimum atomic E-state index is -0.350. The molecule has 1 aliphatic rings. The Labute approximate surface area is 99.9 Å². The van der Waals surface area contributed by atoms with Crippen LogP contribution in [0.5, 0.6) is 0 Å². The van der Waals surface area contributed by atoms with E-state index in [4.69, 9.17) is 5.11 Å². The highest BCUT2D eigenvalue weighted by Crippen LogP contribution is 2.25. The molecule has 0 radical (unpaired) electrons. The van der Waals surface area contributed by atoms with Crippen LogP contribution in [0.2, 0.25) is 0 Å². The zero-order chi connectivity index (χ0) is 12.3. The molecule has 1 N–H and O–H groups in total. The number of hydrogen-bond donors (Lipinski definition) is 1. The highest BCUT2D eigenvalue weighted by atomic mass is 19.1. The fourth-order valence-corrected chi connectivity index (χ4v) is 2.21. The maximum absolute atomic E-state index is 13.8. The van der Waals surface area contributed by atoms with Gasteiger partial charge in [-0.3, -0.25) is 4.79 Å². The van der Waals surface area contributed by atoms with Crippen molar-refractivity contribution < 1.29 is 14.3 Å². The second kappa shape index (κ2) is 5.27. The monoisotopic (exact) mass is 237 g/mol. The van der Waals surface area contributed by atoms with Crippen molar-refractivity contribution >= 4 is 12.0 Å². The van der Waals surface area contributed by atoms with E-state index in [0.29, 0.717) is 23.5 Å². The summed E-state index contributed by atoms with van der Waals surface area (Å²) in [6.07, 6.45) is 2.40. The standard InChI is InChI=1S/C13H16FNO2/c14-12-7-11(9-17)1-2-13(12)15-5-3-10(8-16)4-6-15/h1-2,7,9-10,16H,3-6,8H2. The van der Waals surface area contributed by atoms with Gasteiger partial charge in [0, 0.05) is 25.3 Å². The Kier molecular flexibility index (Phi) is 3.74. The summed E-state index contributed by atoms with van der Waals surface area (Å²) in [6.45, 7) is 1.71. The van der Waals surface area contributed by atoms with Gasteiger partial charge in [0.15, 0.2) is 0 Å². The number of hydrogen-bond acceptors (Lipinski definition) is 3. The van der Waals surface area contributed by atoms with E-state index in [2.05, 4.69) is 0 Å². The normalized spacial score (nSPS) is 17.2. The lowest BCUT2D eigenvalue weighted by molar-refractivity contribution is 0.112. The van der Waals surface area contributed by atoms with Crippen molar-refractivity contribution in [2.24, 2.45) is 5.92 Å². The van der Waals surface area contributed by atoms with Crippen molar-refractivity contribution in [3.63, 3.8) is 0 Å². The lowest BCUT2D eigenvalue weighted by atomic mass is 9.97. The third-order valence-corrected chi connectivity index (χ3v) is 3.32. The van der Waals surface area contributed by atoms with Crippen LogP contribution < -0.4 is 4.90 Å². The molecule has 1 saturated heterocycles. The molecule has 1 aromatic carbocycles. The molecule has 2 rings (SSSR count). The van der Waals surface area contributed by atoms with Crippen molar-refractivity contribution in [1.29, 1.82) is 0 Å². The zero-order valence-electron chi connectivity index (χ0n) is 9.60. The highest BCUT2D eigenvalue weighted by Gasteiger charge is 2.20. The van der Waals surface area contributed by atoms with Gasteiger partial charge in [0.1, 0.15) is 12.1 Å². The van der Waals surface area contributed by atoms with E-state index in [1.54, 1.807) is 12.1 Å². The number of aldehydes is 1. The summed E-state index contributed by atoms with van der Waals surface area (Å²) in [6, 6.07) is 4.54. The molecular weight excluding hydrogens is 221 g/mol. The number of carbonyl (C=O) groups is 1. The summed E-state index contributed by atoms with van der Waals surface area (Å²) in [5, 5.41) is 9.04. The molecule has 92 valence electrons. The number of piperidine rings is 1. The molecule has 4 heteroatoms. The van der Waals surface area contributed by atoms with Gasteiger partial charge in [-0.25, -0.2) is 4.39 Å². The third kappa shape index (κ3) is 2.64. The minimum absolute atomic E-state index is 0.209. The number of nitrogens with zero attached hydrogens (tertiary/aromatic N) is 1. The third-order valence-electron chi connectivity index (χ3n) is 3.32. The average Bonchev–Trinajstić information content (AvgIpc) is 2.39. The Bertz CT molecular complexity index is 400. The van der Waals surface area contributed by atoms with E-state index in [1.807, 2.05) is 4.90 Å². The number of anilines is 1. The van der Waals surface area contributed by atoms with Gasteiger partial charge in [0.2, 0.25) is 0 Å². The Morgan fingerprint density at radius 1 is 1.41 bits per heavy atom. The van der Waals surface area contributed by atoms with Crippen LogP contribution in [-0.2, 0) is 0 Å². The van der Waals surface area contributed by atoms with E-state index in [0.717, 1.165) is 25.9 Å². The summed E-state index contributed by atoms with van der Waals surface area (Å²) >= 11 is 0.